The zero-order valence-corrected chi connectivity index (χ0v) is 12.9. The fourth-order valence-electron chi connectivity index (χ4n) is 1.81. The number of nitrogens with two attached hydrogens (primary N) is 1. The van der Waals surface area contributed by atoms with Crippen LogP contribution in [0.25, 0.3) is 0 Å². The van der Waals surface area contributed by atoms with Crippen molar-refractivity contribution in [2.45, 2.75) is 19.5 Å². The van der Waals surface area contributed by atoms with Crippen LogP contribution < -0.4 is 5.73 Å². The summed E-state index contributed by atoms with van der Waals surface area (Å²) in [4.78, 5) is 5.10. The first-order valence-corrected chi connectivity index (χ1v) is 7.96. The Bertz CT molecular complexity index is 560. The first kappa shape index (κ1) is 14.3. The van der Waals surface area contributed by atoms with Crippen LogP contribution in [0.15, 0.2) is 29.0 Å². The Morgan fingerprint density at radius 2 is 2.26 bits per heavy atom. The zero-order chi connectivity index (χ0) is 13.7. The van der Waals surface area contributed by atoms with Gasteiger partial charge >= 0.3 is 0 Å². The maximum atomic E-state index is 5.38. The third-order valence-electron chi connectivity index (χ3n) is 3.01. The Morgan fingerprint density at radius 1 is 1.42 bits per heavy atom. The largest absolute Gasteiger partial charge is 0.320 e. The van der Waals surface area contributed by atoms with Crippen LogP contribution in [0, 0.1) is 11.8 Å². The molecule has 2 N–H and O–H groups in total. The summed E-state index contributed by atoms with van der Waals surface area (Å²) in [7, 11) is 2.16. The highest BCUT2D eigenvalue weighted by Gasteiger charge is 2.13. The molecule has 0 spiro atoms. The molecule has 0 radical (unpaired) electrons. The molecule has 0 bridgehead atoms. The van der Waals surface area contributed by atoms with Crippen molar-refractivity contribution in [2.75, 3.05) is 13.6 Å². The van der Waals surface area contributed by atoms with E-state index in [1.807, 2.05) is 11.3 Å². The van der Waals surface area contributed by atoms with Gasteiger partial charge in [-0.2, -0.15) is 0 Å². The van der Waals surface area contributed by atoms with E-state index in [4.69, 9.17) is 5.73 Å². The van der Waals surface area contributed by atoms with Crippen molar-refractivity contribution < 1.29 is 0 Å². The van der Waals surface area contributed by atoms with Crippen molar-refractivity contribution in [3.8, 4) is 11.8 Å². The van der Waals surface area contributed by atoms with Gasteiger partial charge in [-0.15, -0.1) is 22.7 Å². The molecule has 0 aliphatic heterocycles. The van der Waals surface area contributed by atoms with Gasteiger partial charge in [0, 0.05) is 33.3 Å². The molecule has 2 nitrogen and oxygen atoms in total. The molecule has 4 heteroatoms. The molecule has 19 heavy (non-hydrogen) atoms. The zero-order valence-electron chi connectivity index (χ0n) is 11.2. The fraction of sp³-hybridized carbons (Fsp3) is 0.333. The molecule has 2 rings (SSSR count). The summed E-state index contributed by atoms with van der Waals surface area (Å²) >= 11 is 3.57. The summed E-state index contributed by atoms with van der Waals surface area (Å²) in [5, 5.41) is 4.23. The second-order valence-electron chi connectivity index (χ2n) is 4.41. The van der Waals surface area contributed by atoms with Gasteiger partial charge in [-0.25, -0.2) is 0 Å². The van der Waals surface area contributed by atoms with E-state index in [1.165, 1.54) is 9.75 Å². The summed E-state index contributed by atoms with van der Waals surface area (Å²) in [6.45, 7) is 3.61. The summed E-state index contributed by atoms with van der Waals surface area (Å²) in [6.07, 6.45) is 0. The molecule has 100 valence electrons. The van der Waals surface area contributed by atoms with E-state index < -0.39 is 0 Å². The van der Waals surface area contributed by atoms with Crippen LogP contribution in [0.2, 0.25) is 0 Å². The van der Waals surface area contributed by atoms with Crippen LogP contribution in [0.3, 0.4) is 0 Å². The van der Waals surface area contributed by atoms with E-state index >= 15 is 0 Å². The molecule has 1 atom stereocenters. The van der Waals surface area contributed by atoms with Crippen molar-refractivity contribution >= 4 is 22.7 Å². The molecule has 1 unspecified atom stereocenters. The lowest BCUT2D eigenvalue weighted by Gasteiger charge is -2.22. The Morgan fingerprint density at radius 3 is 2.95 bits per heavy atom. The molecule has 2 heterocycles. The molecule has 0 saturated carbocycles. The van der Waals surface area contributed by atoms with Crippen LogP contribution in [-0.2, 0) is 6.54 Å². The molecule has 0 saturated heterocycles. The summed E-state index contributed by atoms with van der Waals surface area (Å²) in [5.74, 6) is 5.96. The van der Waals surface area contributed by atoms with E-state index in [0.717, 1.165) is 12.1 Å². The third kappa shape index (κ3) is 3.92. The van der Waals surface area contributed by atoms with E-state index in [-0.39, 0.29) is 0 Å². The minimum Gasteiger partial charge on any atom is -0.320 e. The van der Waals surface area contributed by atoms with Crippen molar-refractivity contribution in [3.05, 3.63) is 44.3 Å². The van der Waals surface area contributed by atoms with Gasteiger partial charge in [0.15, 0.2) is 0 Å². The van der Waals surface area contributed by atoms with E-state index in [9.17, 15) is 0 Å². The predicted octanol–water partition coefficient (Wildman–Crippen LogP) is 3.31. The van der Waals surface area contributed by atoms with Gasteiger partial charge in [-0.05, 0) is 31.5 Å². The monoisotopic (exact) mass is 290 g/mol. The van der Waals surface area contributed by atoms with Gasteiger partial charge in [0.25, 0.3) is 0 Å². The van der Waals surface area contributed by atoms with Gasteiger partial charge in [0.2, 0.25) is 0 Å². The number of hydrogen-bond donors (Lipinski definition) is 1. The first-order valence-electron chi connectivity index (χ1n) is 6.20. The Labute approximate surface area is 122 Å². The molecular weight excluding hydrogens is 272 g/mol. The molecule has 0 aromatic carbocycles. The van der Waals surface area contributed by atoms with Gasteiger partial charge in [0.05, 0.1) is 6.54 Å². The maximum Gasteiger partial charge on any atom is 0.0555 e. The smallest absolute Gasteiger partial charge is 0.0555 e. The Hall–Kier alpha value is -1.12. The lowest BCUT2D eigenvalue weighted by molar-refractivity contribution is 0.259. The van der Waals surface area contributed by atoms with Gasteiger partial charge in [0.1, 0.15) is 0 Å². The second-order valence-corrected chi connectivity index (χ2v) is 6.39. The molecule has 2 aromatic heterocycles. The lowest BCUT2D eigenvalue weighted by Crippen LogP contribution is -2.20. The molecule has 2 aromatic rings. The number of thiophene rings is 2. The molecule has 0 fully saturated rings. The molecule has 0 aliphatic rings. The van der Waals surface area contributed by atoms with E-state index in [2.05, 4.69) is 59.7 Å². The average Bonchev–Trinajstić information content (AvgIpc) is 3.06. The Balaban J connectivity index is 1.98. The van der Waals surface area contributed by atoms with Gasteiger partial charge < -0.3 is 5.73 Å². The van der Waals surface area contributed by atoms with Crippen LogP contribution in [0.1, 0.15) is 28.3 Å². The number of nitrogens with zero attached hydrogens (tertiary/aromatic N) is 1. The molecule has 0 amide bonds. The first-order chi connectivity index (χ1) is 9.20. The van der Waals surface area contributed by atoms with Gasteiger partial charge in [-0.1, -0.05) is 17.9 Å². The van der Waals surface area contributed by atoms with Crippen molar-refractivity contribution in [3.63, 3.8) is 0 Å². The standard InChI is InChI=1S/C15H18N2S2/c1-12(15-6-4-8-18-15)17(2)10-14-9-13(11-19-14)5-3-7-16/h4,6,8-9,11-12H,7,10,16H2,1-2H3. The van der Waals surface area contributed by atoms with Gasteiger partial charge in [-0.3, -0.25) is 4.90 Å². The number of rotatable bonds is 4. The summed E-state index contributed by atoms with van der Waals surface area (Å²) in [5.41, 5.74) is 6.45. The van der Waals surface area contributed by atoms with Crippen LogP contribution in [0.5, 0.6) is 0 Å². The highest BCUT2D eigenvalue weighted by molar-refractivity contribution is 7.10. The average molecular weight is 290 g/mol. The van der Waals surface area contributed by atoms with Crippen LogP contribution in [-0.4, -0.2) is 18.5 Å². The topological polar surface area (TPSA) is 29.3 Å². The van der Waals surface area contributed by atoms with Crippen molar-refractivity contribution in [1.82, 2.24) is 4.90 Å². The highest BCUT2D eigenvalue weighted by atomic mass is 32.1. The second kappa shape index (κ2) is 6.88. The normalized spacial score (nSPS) is 12.2. The fourth-order valence-corrected chi connectivity index (χ4v) is 3.54. The quantitative estimate of drug-likeness (QED) is 0.875. The molecule has 0 aliphatic carbocycles. The van der Waals surface area contributed by atoms with Crippen molar-refractivity contribution in [2.24, 2.45) is 5.73 Å². The van der Waals surface area contributed by atoms with E-state index in [1.54, 1.807) is 11.3 Å². The molecular formula is C15H18N2S2. The maximum absolute atomic E-state index is 5.38. The van der Waals surface area contributed by atoms with Crippen molar-refractivity contribution in [1.29, 1.82) is 0 Å². The Kier molecular flexibility index (Phi) is 5.17. The summed E-state index contributed by atoms with van der Waals surface area (Å²) < 4.78 is 0. The third-order valence-corrected chi connectivity index (χ3v) is 4.97. The number of hydrogen-bond acceptors (Lipinski definition) is 4. The highest BCUT2D eigenvalue weighted by Crippen LogP contribution is 2.26. The lowest BCUT2D eigenvalue weighted by atomic mass is 10.2. The minimum atomic E-state index is 0.417. The predicted molar refractivity (Wildman–Crippen MR) is 84.5 cm³/mol. The van der Waals surface area contributed by atoms with Crippen LogP contribution >= 0.6 is 22.7 Å². The van der Waals surface area contributed by atoms with Crippen LogP contribution in [0.4, 0.5) is 0 Å². The minimum absolute atomic E-state index is 0.417. The van der Waals surface area contributed by atoms with E-state index in [0.29, 0.717) is 12.6 Å². The SMILES string of the molecule is CC(c1cccs1)N(C)Cc1cc(C#CCN)cs1. The summed E-state index contributed by atoms with van der Waals surface area (Å²) in [6, 6.07) is 6.90.